The van der Waals surface area contributed by atoms with Crippen LogP contribution in [0.2, 0.25) is 0 Å². The fourth-order valence-corrected chi connectivity index (χ4v) is 8.60. The van der Waals surface area contributed by atoms with Crippen LogP contribution in [0.25, 0.3) is 0 Å². The van der Waals surface area contributed by atoms with Crippen LogP contribution in [0, 0.1) is 0 Å². The fraction of sp³-hybridized carbons (Fsp3) is 0.900. The van der Waals surface area contributed by atoms with E-state index >= 15 is 0 Å². The highest BCUT2D eigenvalue weighted by atomic mass is 31.2. The van der Waals surface area contributed by atoms with E-state index in [1.165, 1.54) is 0 Å². The van der Waals surface area contributed by atoms with Crippen molar-refractivity contribution >= 4 is 40.7 Å². The predicted molar refractivity (Wildman–Crippen MR) is 183 cm³/mol. The monoisotopic (exact) mass is 798 g/mol. The van der Waals surface area contributed by atoms with E-state index in [1.807, 2.05) is 20.8 Å². The summed E-state index contributed by atoms with van der Waals surface area (Å²) in [6.07, 6.45) is -6.52. The van der Waals surface area contributed by atoms with Crippen molar-refractivity contribution in [2.45, 2.75) is 134 Å². The number of unbranched alkanes of at least 4 members (excludes halogenated alkanes) is 9. The van der Waals surface area contributed by atoms with E-state index in [1.54, 1.807) is 0 Å². The zero-order valence-corrected chi connectivity index (χ0v) is 32.3. The Kier molecular flexibility index (Phi) is 22.7. The molecule has 0 amide bonds. The summed E-state index contributed by atoms with van der Waals surface area (Å²) >= 11 is 0. The van der Waals surface area contributed by atoms with Crippen molar-refractivity contribution in [3.8, 4) is 0 Å². The van der Waals surface area contributed by atoms with Gasteiger partial charge in [0.05, 0.1) is 0 Å². The van der Waals surface area contributed by atoms with Gasteiger partial charge in [0.15, 0.2) is 0 Å². The van der Waals surface area contributed by atoms with E-state index in [2.05, 4.69) is 0 Å². The lowest BCUT2D eigenvalue weighted by molar-refractivity contribution is -0.245. The van der Waals surface area contributed by atoms with Crippen LogP contribution in [-0.2, 0) is 55.9 Å². The second-order valence-corrected chi connectivity index (χ2v) is 17.9. The summed E-state index contributed by atoms with van der Waals surface area (Å²) in [7, 11) is -15.6. The molecule has 0 saturated heterocycles. The van der Waals surface area contributed by atoms with Crippen molar-refractivity contribution in [3.05, 3.63) is 0 Å². The Morgan fingerprint density at radius 1 is 0.431 bits per heavy atom. The SMILES string of the molecule is CCCCCCOC1[C@@H](OCCCCCC)[C@H](OP(=O)(O)CC(=O)O)C(OP(=O)(O)CC(=O)O)[C@@H](OP(=O)(O)CC(=O)O)[C@H]1OCCCCCC. The second kappa shape index (κ2) is 24.2. The lowest BCUT2D eigenvalue weighted by Gasteiger charge is -2.50. The number of rotatable bonds is 30. The van der Waals surface area contributed by atoms with E-state index in [9.17, 15) is 58.1 Å². The van der Waals surface area contributed by atoms with E-state index in [0.717, 1.165) is 44.9 Å². The molecule has 5 unspecified atom stereocenters. The van der Waals surface area contributed by atoms with Crippen LogP contribution in [0.3, 0.4) is 0 Å². The molecule has 1 aliphatic carbocycles. The fourth-order valence-electron chi connectivity index (χ4n) is 5.49. The number of hydrogen-bond acceptors (Lipinski definition) is 12. The number of carboxylic acid groups (broad SMARTS) is 3. The Bertz CT molecular complexity index is 1140. The largest absolute Gasteiger partial charge is 0.481 e. The van der Waals surface area contributed by atoms with E-state index < -0.39 is 95.8 Å². The summed E-state index contributed by atoms with van der Waals surface area (Å²) in [5, 5.41) is 28.0. The maximum absolute atomic E-state index is 13.2. The van der Waals surface area contributed by atoms with Gasteiger partial charge in [-0.2, -0.15) is 0 Å². The molecule has 0 radical (unpaired) electrons. The van der Waals surface area contributed by atoms with E-state index in [0.29, 0.717) is 32.1 Å². The van der Waals surface area contributed by atoms with Crippen LogP contribution in [0.5, 0.6) is 0 Å². The summed E-state index contributed by atoms with van der Waals surface area (Å²) in [5.41, 5.74) is 0. The summed E-state index contributed by atoms with van der Waals surface area (Å²) in [6.45, 7) is 5.94. The van der Waals surface area contributed by atoms with Gasteiger partial charge in [0, 0.05) is 19.8 Å². The van der Waals surface area contributed by atoms with Crippen LogP contribution in [0.15, 0.2) is 0 Å². The highest BCUT2D eigenvalue weighted by Gasteiger charge is 2.59. The lowest BCUT2D eigenvalue weighted by atomic mass is 9.84. The molecule has 1 saturated carbocycles. The van der Waals surface area contributed by atoms with Crippen molar-refractivity contribution in [1.82, 2.24) is 0 Å². The Morgan fingerprint density at radius 3 is 0.902 bits per heavy atom. The third-order valence-corrected chi connectivity index (χ3v) is 11.5. The van der Waals surface area contributed by atoms with Gasteiger partial charge in [0.25, 0.3) is 0 Å². The minimum absolute atomic E-state index is 0.0280. The molecule has 51 heavy (non-hydrogen) atoms. The van der Waals surface area contributed by atoms with E-state index in [-0.39, 0.29) is 19.8 Å². The van der Waals surface area contributed by atoms with Crippen molar-refractivity contribution in [3.63, 3.8) is 0 Å². The number of carbonyl (C=O) groups is 3. The molecule has 0 aromatic rings. The second-order valence-electron chi connectivity index (χ2n) is 12.5. The van der Waals surface area contributed by atoms with Crippen LogP contribution < -0.4 is 0 Å². The molecule has 1 aliphatic rings. The van der Waals surface area contributed by atoms with Crippen molar-refractivity contribution < 1.29 is 85.9 Å². The quantitative estimate of drug-likeness (QED) is 0.0418. The minimum atomic E-state index is -5.25. The summed E-state index contributed by atoms with van der Waals surface area (Å²) in [6, 6.07) is 0. The Balaban J connectivity index is 4.00. The highest BCUT2D eigenvalue weighted by Crippen LogP contribution is 2.54. The number of carboxylic acids is 3. The average molecular weight is 799 g/mol. The van der Waals surface area contributed by atoms with Crippen molar-refractivity contribution in [2.75, 3.05) is 38.3 Å². The van der Waals surface area contributed by atoms with Gasteiger partial charge in [-0.05, 0) is 19.3 Å². The first kappa shape index (κ1) is 47.8. The molecule has 18 nitrogen and oxygen atoms in total. The predicted octanol–water partition coefficient (Wildman–Crippen LogP) is 4.86. The first-order valence-corrected chi connectivity index (χ1v) is 22.7. The van der Waals surface area contributed by atoms with Gasteiger partial charge in [-0.15, -0.1) is 0 Å². The summed E-state index contributed by atoms with van der Waals surface area (Å²) in [4.78, 5) is 66.5. The van der Waals surface area contributed by atoms with E-state index in [4.69, 9.17) is 27.8 Å². The molecule has 0 bridgehead atoms. The highest BCUT2D eigenvalue weighted by molar-refractivity contribution is 7.54. The smallest absolute Gasteiger partial charge is 0.339 e. The molecule has 0 aromatic heterocycles. The standard InChI is InChI=1S/C30H57O18P3/c1-4-7-10-13-16-43-25-26(44-17-14-11-8-5-2)28(46-49(37,38)19-22(31)32)30(48-51(41,42)21-24(35)36)29(47-50(39,40)20-23(33)34)27(25)45-18-15-12-9-6-3/h25-30H,4-21H2,1-3H3,(H,31,32)(H,33,34)(H,35,36)(H,37,38)(H,39,40)(H,41,42)/t25?,26-,27+,28-,29-,30?/m0/s1. The van der Waals surface area contributed by atoms with Gasteiger partial charge in [0.1, 0.15) is 55.1 Å². The van der Waals surface area contributed by atoms with Crippen LogP contribution in [0.4, 0.5) is 0 Å². The third-order valence-electron chi connectivity index (χ3n) is 7.73. The Morgan fingerprint density at radius 2 is 0.667 bits per heavy atom. The topological polar surface area (TPSA) is 279 Å². The average Bonchev–Trinajstić information content (AvgIpc) is 2.98. The van der Waals surface area contributed by atoms with Gasteiger partial charge < -0.3 is 44.2 Å². The molecule has 0 spiro atoms. The normalized spacial score (nSPS) is 25.8. The number of hydrogen-bond donors (Lipinski definition) is 6. The molecule has 1 rings (SSSR count). The number of ether oxygens (including phenoxy) is 3. The van der Waals surface area contributed by atoms with Crippen LogP contribution >= 0.6 is 22.8 Å². The molecule has 300 valence electrons. The molecular formula is C30H57O18P3. The third kappa shape index (κ3) is 19.6. The summed E-state index contributed by atoms with van der Waals surface area (Å²) in [5.74, 6) is -5.29. The minimum Gasteiger partial charge on any atom is -0.481 e. The zero-order valence-electron chi connectivity index (χ0n) is 29.6. The molecule has 0 heterocycles. The maximum Gasteiger partial charge on any atom is 0.339 e. The molecule has 0 aliphatic heterocycles. The first-order valence-electron chi connectivity index (χ1n) is 17.4. The van der Waals surface area contributed by atoms with Crippen molar-refractivity contribution in [1.29, 1.82) is 0 Å². The molecule has 21 heteroatoms. The van der Waals surface area contributed by atoms with Crippen molar-refractivity contribution in [2.24, 2.45) is 0 Å². The summed E-state index contributed by atoms with van der Waals surface area (Å²) < 4.78 is 74.4. The molecular weight excluding hydrogens is 741 g/mol. The molecule has 0 aromatic carbocycles. The van der Waals surface area contributed by atoms with Gasteiger partial charge in [-0.1, -0.05) is 78.6 Å². The van der Waals surface area contributed by atoms with Gasteiger partial charge in [-0.3, -0.25) is 41.6 Å². The first-order chi connectivity index (χ1) is 23.9. The lowest BCUT2D eigenvalue weighted by Crippen LogP contribution is -2.67. The Hall–Kier alpha value is -1.26. The number of aliphatic carboxylic acids is 3. The van der Waals surface area contributed by atoms with Gasteiger partial charge in [0.2, 0.25) is 0 Å². The van der Waals surface area contributed by atoms with Crippen LogP contribution in [-0.4, -0.2) is 123 Å². The zero-order chi connectivity index (χ0) is 38.7. The Labute approximate surface area is 299 Å². The molecule has 1 fully saturated rings. The van der Waals surface area contributed by atoms with Gasteiger partial charge in [-0.25, -0.2) is 0 Å². The maximum atomic E-state index is 13.2. The van der Waals surface area contributed by atoms with Gasteiger partial charge >= 0.3 is 40.7 Å². The van der Waals surface area contributed by atoms with Crippen LogP contribution in [0.1, 0.15) is 97.8 Å². The molecule has 6 N–H and O–H groups in total. The molecule has 9 atom stereocenters.